The maximum Gasteiger partial charge on any atom is 0.344 e. The smallest absolute Gasteiger partial charge is 0.344 e. The number of nitrogen functional groups attached to an aromatic ring is 1. The Balaban J connectivity index is 1.95. The van der Waals surface area contributed by atoms with E-state index < -0.39 is 0 Å². The number of nitrogens with two attached hydrogens (primary N) is 1. The Hall–Kier alpha value is -1.70. The first kappa shape index (κ1) is 9.52. The normalized spacial score (nSPS) is 15.5. The maximum absolute atomic E-state index is 11.5. The second-order valence-corrected chi connectivity index (χ2v) is 4.67. The van der Waals surface area contributed by atoms with Crippen LogP contribution in [0, 0.1) is 0 Å². The van der Waals surface area contributed by atoms with Gasteiger partial charge in [0.2, 0.25) is 0 Å². The molecule has 8 heteroatoms. The average Bonchev–Trinajstić information content (AvgIpc) is 2.92. The Morgan fingerprint density at radius 3 is 2.94 bits per heavy atom. The molecule has 2 heterocycles. The van der Waals surface area contributed by atoms with Crippen molar-refractivity contribution in [3.63, 3.8) is 0 Å². The highest BCUT2D eigenvalue weighted by molar-refractivity contribution is 7.99. The van der Waals surface area contributed by atoms with Gasteiger partial charge in [-0.15, -0.1) is 5.10 Å². The minimum Gasteiger partial charge on any atom is -0.383 e. The van der Waals surface area contributed by atoms with E-state index >= 15 is 0 Å². The Labute approximate surface area is 94.4 Å². The monoisotopic (exact) mass is 238 g/mol. The van der Waals surface area contributed by atoms with E-state index in [1.165, 1.54) is 11.8 Å². The molecule has 0 unspecified atom stereocenters. The van der Waals surface area contributed by atoms with Crippen molar-refractivity contribution in [3.05, 3.63) is 16.7 Å². The highest BCUT2D eigenvalue weighted by Crippen LogP contribution is 2.38. The third kappa shape index (κ3) is 1.51. The second kappa shape index (κ2) is 3.41. The Morgan fingerprint density at radius 1 is 1.50 bits per heavy atom. The molecule has 0 spiro atoms. The summed E-state index contributed by atoms with van der Waals surface area (Å²) in [6, 6.07) is 0.293. The molecule has 0 saturated heterocycles. The molecule has 0 bridgehead atoms. The molecule has 1 aliphatic carbocycles. The van der Waals surface area contributed by atoms with Gasteiger partial charge in [-0.05, 0) is 24.6 Å². The average molecular weight is 238 g/mol. The minimum atomic E-state index is -0.160. The van der Waals surface area contributed by atoms with Crippen LogP contribution in [0.25, 0.3) is 0 Å². The third-order valence-corrected chi connectivity index (χ3v) is 3.43. The first-order valence-corrected chi connectivity index (χ1v) is 5.71. The zero-order valence-corrected chi connectivity index (χ0v) is 9.12. The molecule has 16 heavy (non-hydrogen) atoms. The summed E-state index contributed by atoms with van der Waals surface area (Å²) < 4.78 is 1.68. The van der Waals surface area contributed by atoms with Gasteiger partial charge in [-0.2, -0.15) is 5.10 Å². The van der Waals surface area contributed by atoms with E-state index in [1.54, 1.807) is 10.8 Å². The number of hydrogen-bond donors (Lipinski definition) is 3. The molecule has 1 fully saturated rings. The number of H-pyrrole nitrogens is 2. The largest absolute Gasteiger partial charge is 0.383 e. The predicted molar refractivity (Wildman–Crippen MR) is 58.2 cm³/mol. The zero-order valence-electron chi connectivity index (χ0n) is 8.30. The Bertz CT molecular complexity index is 565. The lowest BCUT2D eigenvalue weighted by Gasteiger charge is -2.01. The molecule has 0 atom stereocenters. The number of aromatic amines is 2. The van der Waals surface area contributed by atoms with Crippen LogP contribution in [0.5, 0.6) is 0 Å². The van der Waals surface area contributed by atoms with Crippen LogP contribution in [0.15, 0.2) is 21.0 Å². The van der Waals surface area contributed by atoms with E-state index in [2.05, 4.69) is 20.4 Å². The molecular weight excluding hydrogens is 228 g/mol. The van der Waals surface area contributed by atoms with E-state index in [9.17, 15) is 4.79 Å². The lowest BCUT2D eigenvalue weighted by Crippen LogP contribution is -2.16. The summed E-state index contributed by atoms with van der Waals surface area (Å²) in [5.74, 6) is 0.489. The SMILES string of the molecule is Nc1[nH]ncc1Sc1n[nH]c(=O)n1C1CC1. The lowest BCUT2D eigenvalue weighted by atomic mass is 10.7. The quantitative estimate of drug-likeness (QED) is 0.716. The van der Waals surface area contributed by atoms with E-state index in [1.807, 2.05) is 0 Å². The molecule has 1 aliphatic rings. The van der Waals surface area contributed by atoms with Crippen LogP contribution in [0.1, 0.15) is 18.9 Å². The first-order chi connectivity index (χ1) is 7.75. The van der Waals surface area contributed by atoms with Gasteiger partial charge in [0.25, 0.3) is 0 Å². The molecule has 7 nitrogen and oxygen atoms in total. The van der Waals surface area contributed by atoms with Crippen molar-refractivity contribution >= 4 is 17.6 Å². The Morgan fingerprint density at radius 2 is 2.31 bits per heavy atom. The summed E-state index contributed by atoms with van der Waals surface area (Å²) in [6.07, 6.45) is 3.69. The van der Waals surface area contributed by atoms with Crippen LogP contribution < -0.4 is 11.4 Å². The van der Waals surface area contributed by atoms with Crippen molar-refractivity contribution in [3.8, 4) is 0 Å². The number of hydrogen-bond acceptors (Lipinski definition) is 5. The molecular formula is C8H10N6OS. The molecule has 84 valence electrons. The lowest BCUT2D eigenvalue weighted by molar-refractivity contribution is 0.642. The van der Waals surface area contributed by atoms with Gasteiger partial charge in [0.1, 0.15) is 5.82 Å². The molecule has 0 aromatic carbocycles. The fraction of sp³-hybridized carbons (Fsp3) is 0.375. The second-order valence-electron chi connectivity index (χ2n) is 3.66. The van der Waals surface area contributed by atoms with E-state index in [0.717, 1.165) is 17.7 Å². The first-order valence-electron chi connectivity index (χ1n) is 4.89. The van der Waals surface area contributed by atoms with Gasteiger partial charge in [0, 0.05) is 6.04 Å². The summed E-state index contributed by atoms with van der Waals surface area (Å²) in [5, 5.41) is 13.5. The van der Waals surface area contributed by atoms with E-state index in [0.29, 0.717) is 17.0 Å². The van der Waals surface area contributed by atoms with Gasteiger partial charge in [-0.1, -0.05) is 0 Å². The summed E-state index contributed by atoms with van der Waals surface area (Å²) in [6.45, 7) is 0. The standard InChI is InChI=1S/C8H10N6OS/c9-6-5(3-10-11-6)16-8-13-12-7(15)14(8)4-1-2-4/h3-4H,1-2H2,(H,12,15)(H3,9,10,11). The van der Waals surface area contributed by atoms with Gasteiger partial charge in [-0.3, -0.25) is 9.67 Å². The van der Waals surface area contributed by atoms with Crippen molar-refractivity contribution in [2.24, 2.45) is 0 Å². The van der Waals surface area contributed by atoms with Crippen LogP contribution in [-0.4, -0.2) is 25.0 Å². The molecule has 0 amide bonds. The minimum absolute atomic E-state index is 0.160. The molecule has 4 N–H and O–H groups in total. The van der Waals surface area contributed by atoms with Gasteiger partial charge >= 0.3 is 5.69 Å². The van der Waals surface area contributed by atoms with E-state index in [-0.39, 0.29) is 5.69 Å². The number of anilines is 1. The number of rotatable bonds is 3. The summed E-state index contributed by atoms with van der Waals surface area (Å²) >= 11 is 1.34. The highest BCUT2D eigenvalue weighted by Gasteiger charge is 2.29. The molecule has 0 radical (unpaired) electrons. The fourth-order valence-corrected chi connectivity index (χ4v) is 2.36. The summed E-state index contributed by atoms with van der Waals surface area (Å²) in [4.78, 5) is 12.3. The van der Waals surface area contributed by atoms with E-state index in [4.69, 9.17) is 5.73 Å². The molecule has 2 aromatic rings. The Kier molecular flexibility index (Phi) is 2.03. The van der Waals surface area contributed by atoms with Gasteiger partial charge in [0.15, 0.2) is 5.16 Å². The number of nitrogens with zero attached hydrogens (tertiary/aromatic N) is 3. The van der Waals surface area contributed by atoms with Crippen molar-refractivity contribution in [2.45, 2.75) is 28.9 Å². The molecule has 0 aliphatic heterocycles. The van der Waals surface area contributed by atoms with Crippen LogP contribution in [0.2, 0.25) is 0 Å². The number of nitrogens with one attached hydrogen (secondary N) is 2. The zero-order chi connectivity index (χ0) is 11.1. The van der Waals surface area contributed by atoms with Gasteiger partial charge < -0.3 is 5.73 Å². The highest BCUT2D eigenvalue weighted by atomic mass is 32.2. The van der Waals surface area contributed by atoms with Crippen LogP contribution in [0.4, 0.5) is 5.82 Å². The van der Waals surface area contributed by atoms with Crippen LogP contribution in [-0.2, 0) is 0 Å². The van der Waals surface area contributed by atoms with Crippen molar-refractivity contribution in [1.82, 2.24) is 25.0 Å². The summed E-state index contributed by atoms with van der Waals surface area (Å²) in [7, 11) is 0. The van der Waals surface area contributed by atoms with Gasteiger partial charge in [-0.25, -0.2) is 9.89 Å². The maximum atomic E-state index is 11.5. The van der Waals surface area contributed by atoms with Crippen LogP contribution >= 0.6 is 11.8 Å². The third-order valence-electron chi connectivity index (χ3n) is 2.42. The fourth-order valence-electron chi connectivity index (χ4n) is 1.48. The van der Waals surface area contributed by atoms with Gasteiger partial charge in [0.05, 0.1) is 11.1 Å². The van der Waals surface area contributed by atoms with Crippen molar-refractivity contribution in [2.75, 3.05) is 5.73 Å². The molecule has 1 saturated carbocycles. The van der Waals surface area contributed by atoms with Crippen molar-refractivity contribution in [1.29, 1.82) is 0 Å². The summed E-state index contributed by atoms with van der Waals surface area (Å²) in [5.41, 5.74) is 5.51. The molecule has 2 aromatic heterocycles. The van der Waals surface area contributed by atoms with Crippen molar-refractivity contribution < 1.29 is 0 Å². The topological polar surface area (TPSA) is 105 Å². The number of aromatic nitrogens is 5. The molecule has 3 rings (SSSR count). The predicted octanol–water partition coefficient (Wildman–Crippen LogP) is 0.363. The van der Waals surface area contributed by atoms with Crippen LogP contribution in [0.3, 0.4) is 0 Å².